The van der Waals surface area contributed by atoms with Gasteiger partial charge in [-0.1, -0.05) is 33.1 Å². The first-order valence-corrected chi connectivity index (χ1v) is 20.9. The molecule has 0 spiro atoms. The molecular weight excluding hydrogens is 890 g/mol. The second-order valence-corrected chi connectivity index (χ2v) is 15.2. The van der Waals surface area contributed by atoms with Crippen LogP contribution in [0.4, 0.5) is 17.6 Å². The zero-order chi connectivity index (χ0) is 47.9. The predicted octanol–water partition coefficient (Wildman–Crippen LogP) is 0.949. The third-order valence-corrected chi connectivity index (χ3v) is 9.53. The molecule has 2 saturated heterocycles. The van der Waals surface area contributed by atoms with Gasteiger partial charge in [0, 0.05) is 72.3 Å². The topological polar surface area (TPSA) is 208 Å². The molecule has 2 saturated carbocycles. The van der Waals surface area contributed by atoms with E-state index < -0.39 is 77.0 Å². The van der Waals surface area contributed by atoms with E-state index >= 15 is 0 Å². The van der Waals surface area contributed by atoms with Crippen LogP contribution in [-0.2, 0) is 65.5 Å². The summed E-state index contributed by atoms with van der Waals surface area (Å²) in [6, 6.07) is 0.636. The fraction of sp³-hybridized carbons (Fsp3) is 0.628. The van der Waals surface area contributed by atoms with Crippen molar-refractivity contribution in [3.8, 4) is 0 Å². The van der Waals surface area contributed by atoms with Crippen molar-refractivity contribution in [1.29, 1.82) is 0 Å². The van der Waals surface area contributed by atoms with Gasteiger partial charge in [-0.15, -0.1) is 0 Å². The summed E-state index contributed by atoms with van der Waals surface area (Å²) in [5.74, 6) is -3.84. The summed E-state index contributed by atoms with van der Waals surface area (Å²) in [5.41, 5.74) is -0.657. The number of nitrogens with one attached hydrogen (secondary N) is 1. The Morgan fingerprint density at radius 2 is 1.15 bits per heavy atom. The molecule has 23 heteroatoms. The summed E-state index contributed by atoms with van der Waals surface area (Å²) in [6.07, 6.45) is 7.74. The number of rotatable bonds is 15. The van der Waals surface area contributed by atoms with Crippen LogP contribution in [-0.4, -0.2) is 116 Å². The Hall–Kier alpha value is -4.38. The van der Waals surface area contributed by atoms with Crippen molar-refractivity contribution >= 4 is 44.2 Å². The van der Waals surface area contributed by atoms with Crippen LogP contribution in [0.25, 0.3) is 0 Å². The fourth-order valence-corrected chi connectivity index (χ4v) is 5.86. The molecule has 66 heavy (non-hydrogen) atoms. The van der Waals surface area contributed by atoms with Crippen molar-refractivity contribution in [3.05, 3.63) is 68.0 Å². The van der Waals surface area contributed by atoms with Gasteiger partial charge in [-0.05, 0) is 68.2 Å². The number of aromatic nitrogens is 2. The third kappa shape index (κ3) is 23.9. The first-order valence-electron chi connectivity index (χ1n) is 20.9. The minimum absolute atomic E-state index is 0. The Bertz CT molecular complexity index is 1960. The number of halogens is 4. The average Bonchev–Trinajstić information content (AvgIpc) is 4.17. The van der Waals surface area contributed by atoms with E-state index in [0.717, 1.165) is 50.2 Å². The van der Waals surface area contributed by atoms with Crippen LogP contribution in [0.2, 0.25) is 0 Å². The van der Waals surface area contributed by atoms with E-state index in [1.165, 1.54) is 23.8 Å². The van der Waals surface area contributed by atoms with Gasteiger partial charge >= 0.3 is 53.4 Å². The number of pyridine rings is 2. The van der Waals surface area contributed by atoms with Crippen LogP contribution in [0.3, 0.4) is 0 Å². The number of carbonyl (C=O) groups excluding carboxylic acids is 6. The molecule has 0 bridgehead atoms. The number of alkyl halides is 2. The van der Waals surface area contributed by atoms with E-state index in [4.69, 9.17) is 9.47 Å². The fourth-order valence-electron chi connectivity index (χ4n) is 5.86. The summed E-state index contributed by atoms with van der Waals surface area (Å²) >= 11 is 0. The molecule has 0 amide bonds. The summed E-state index contributed by atoms with van der Waals surface area (Å²) < 4.78 is 68.1. The maximum absolute atomic E-state index is 14.1. The van der Waals surface area contributed by atoms with Crippen molar-refractivity contribution < 1.29 is 99.8 Å². The number of nitrogens with zero attached hydrogens (tertiary/aromatic N) is 3. The number of ether oxygens (including phenoxy) is 2. The molecular formula is C43H61BF4N4NaO13. The van der Waals surface area contributed by atoms with E-state index in [1.54, 1.807) is 20.0 Å². The molecule has 4 fully saturated rings. The first-order chi connectivity index (χ1) is 30.3. The molecule has 6 rings (SSSR count). The first kappa shape index (κ1) is 61.6. The van der Waals surface area contributed by atoms with Crippen molar-refractivity contribution in [2.24, 2.45) is 11.8 Å². The quantitative estimate of drug-likeness (QED) is 0.0659. The number of carbonyl (C=O) groups is 6. The Balaban J connectivity index is 0.000000920. The van der Waals surface area contributed by atoms with Crippen LogP contribution in [0.5, 0.6) is 0 Å². The van der Waals surface area contributed by atoms with Crippen LogP contribution in [0.1, 0.15) is 104 Å². The minimum Gasteiger partial charge on any atom is -0.793 e. The monoisotopic (exact) mass is 951 g/mol. The van der Waals surface area contributed by atoms with Gasteiger partial charge < -0.3 is 32.3 Å². The van der Waals surface area contributed by atoms with Gasteiger partial charge in [0.25, 0.3) is 11.1 Å². The molecule has 0 aromatic carbocycles. The molecule has 4 aliphatic rings. The Kier molecular flexibility index (Phi) is 30.2. The van der Waals surface area contributed by atoms with Gasteiger partial charge in [-0.3, -0.25) is 28.4 Å². The molecule has 2 aromatic heterocycles. The van der Waals surface area contributed by atoms with Gasteiger partial charge in [0.1, 0.15) is 30.7 Å². The van der Waals surface area contributed by atoms with Gasteiger partial charge in [-0.25, -0.2) is 46.5 Å². The van der Waals surface area contributed by atoms with Crippen molar-refractivity contribution in [2.75, 3.05) is 45.9 Å². The molecule has 2 aliphatic carbocycles. The molecule has 2 aliphatic heterocycles. The number of esters is 2. The van der Waals surface area contributed by atoms with E-state index in [-0.39, 0.29) is 56.6 Å². The summed E-state index contributed by atoms with van der Waals surface area (Å²) in [4.78, 5) is 97.9. The van der Waals surface area contributed by atoms with Crippen LogP contribution in [0, 0.1) is 23.5 Å². The zero-order valence-electron chi connectivity index (χ0n) is 37.7. The van der Waals surface area contributed by atoms with E-state index in [1.807, 2.05) is 4.90 Å². The van der Waals surface area contributed by atoms with Gasteiger partial charge in [0.2, 0.25) is 5.97 Å². The maximum atomic E-state index is 14.1. The Labute approximate surface area is 405 Å². The molecule has 1 N–H and O–H groups in total. The molecule has 2 atom stereocenters. The summed E-state index contributed by atoms with van der Waals surface area (Å²) in [7, 11) is 4.32. The van der Waals surface area contributed by atoms with Gasteiger partial charge in [0.15, 0.2) is 11.6 Å². The van der Waals surface area contributed by atoms with Crippen LogP contribution in [0.15, 0.2) is 34.1 Å². The smallest absolute Gasteiger partial charge is 0.793 e. The SMILES string of the molecule is C.CC(=O)OOC(C)=O.CCOC(=O)C(CC1CC1)n1cc(CC=O)cc(F)c1=O.CCOC(=O)C(CC1CC1)n1cc(CCN2CC(F)C2)cc(F)c1=O.FC1CNC1.[B-]OC(C)=O.[Na+]. The standard InChI is InChI=1S/C18H24F2N2O3.C15H18FNO4.C4H6O4.C3H6FN.C2H3BO2.CH4.Na/c1-2-25-18(24)16(8-12-3-4-12)22-9-13(7-15(20)17(22)23)5-6-21-10-14(19)11-21;1-2-21-15(20)13(8-10-3-4-10)17-9-11(5-6-18)7-12(16)14(17)19;1-3(5)7-8-4(2)6;4-3-1-5-2-3;1-2(4)5-3;;/h7,9,12,14,16H,2-6,8,10-11H2,1H3;6-7,9-10,13H,2-5,8H2,1H3;1-2H3;3,5H,1-2H2;1H3;1H4;/q;;;;-1;;+1. The zero-order valence-corrected chi connectivity index (χ0v) is 39.7. The van der Waals surface area contributed by atoms with Crippen LogP contribution < -0.4 is 46.0 Å². The number of hydrogen-bond acceptors (Lipinski definition) is 15. The van der Waals surface area contributed by atoms with E-state index in [0.29, 0.717) is 81.2 Å². The molecule has 363 valence electrons. The van der Waals surface area contributed by atoms with Crippen molar-refractivity contribution in [1.82, 2.24) is 19.4 Å². The molecule has 17 nitrogen and oxygen atoms in total. The normalized spacial score (nSPS) is 15.7. The predicted molar refractivity (Wildman–Crippen MR) is 228 cm³/mol. The molecule has 3 radical (unpaired) electrons. The van der Waals surface area contributed by atoms with E-state index in [9.17, 15) is 55.9 Å². The Morgan fingerprint density at radius 1 is 0.758 bits per heavy atom. The third-order valence-electron chi connectivity index (χ3n) is 9.53. The average molecular weight is 952 g/mol. The van der Waals surface area contributed by atoms with Crippen LogP contribution >= 0.6 is 0 Å². The summed E-state index contributed by atoms with van der Waals surface area (Å²) in [6.45, 7) is 9.86. The molecule has 4 heterocycles. The van der Waals surface area contributed by atoms with Gasteiger partial charge in [-0.2, -0.15) is 0 Å². The maximum Gasteiger partial charge on any atom is 1.00 e. The summed E-state index contributed by atoms with van der Waals surface area (Å²) in [5, 5.41) is 2.79. The van der Waals surface area contributed by atoms with Crippen molar-refractivity contribution in [2.45, 2.75) is 118 Å². The number of hydrogen-bond donors (Lipinski definition) is 1. The number of likely N-dealkylation sites (tertiary alicyclic amines) is 1. The second-order valence-electron chi connectivity index (χ2n) is 15.2. The molecule has 2 aromatic rings. The number of aldehydes is 1. The minimum atomic E-state index is -0.959. The van der Waals surface area contributed by atoms with Crippen molar-refractivity contribution in [3.63, 3.8) is 0 Å². The molecule has 2 unspecified atom stereocenters. The van der Waals surface area contributed by atoms with E-state index in [2.05, 4.69) is 27.8 Å². The second kappa shape index (κ2) is 32.3. The Morgan fingerprint density at radius 3 is 1.45 bits per heavy atom. The van der Waals surface area contributed by atoms with Gasteiger partial charge in [0.05, 0.1) is 13.2 Å². The largest absolute Gasteiger partial charge is 1.00 e.